The van der Waals surface area contributed by atoms with Crippen LogP contribution < -0.4 is 0 Å². The summed E-state index contributed by atoms with van der Waals surface area (Å²) >= 11 is 0. The normalized spacial score (nSPS) is 21.2. The summed E-state index contributed by atoms with van der Waals surface area (Å²) in [5, 5.41) is 9.87. The molecular formula is C30H36O4. The van der Waals surface area contributed by atoms with Crippen LogP contribution in [-0.4, -0.2) is 22.6 Å². The van der Waals surface area contributed by atoms with Crippen molar-refractivity contribution in [1.82, 2.24) is 0 Å². The summed E-state index contributed by atoms with van der Waals surface area (Å²) in [6.07, 6.45) is 11.7. The monoisotopic (exact) mass is 460 g/mol. The van der Waals surface area contributed by atoms with Crippen molar-refractivity contribution in [2.24, 2.45) is 11.8 Å². The predicted octanol–water partition coefficient (Wildman–Crippen LogP) is 6.64. The molecule has 2 saturated carbocycles. The van der Waals surface area contributed by atoms with Gasteiger partial charge in [0.15, 0.2) is 0 Å². The minimum absolute atomic E-state index is 0.215. The van der Waals surface area contributed by atoms with E-state index < -0.39 is 17.5 Å². The van der Waals surface area contributed by atoms with Crippen molar-refractivity contribution in [2.75, 3.05) is 0 Å². The first-order valence-electron chi connectivity index (χ1n) is 13.2. The lowest BCUT2D eigenvalue weighted by Crippen LogP contribution is -2.47. The summed E-state index contributed by atoms with van der Waals surface area (Å²) in [6.45, 7) is 0. The maximum absolute atomic E-state index is 14.0. The van der Waals surface area contributed by atoms with Crippen LogP contribution in [0.1, 0.15) is 98.8 Å². The quantitative estimate of drug-likeness (QED) is 0.491. The number of aliphatic carboxylic acids is 1. The van der Waals surface area contributed by atoms with E-state index in [1.165, 1.54) is 36.8 Å². The molecule has 0 heterocycles. The number of rotatable bonds is 6. The highest BCUT2D eigenvalue weighted by Crippen LogP contribution is 2.47. The third kappa shape index (κ3) is 4.52. The second-order valence-electron chi connectivity index (χ2n) is 10.6. The Morgan fingerprint density at radius 2 is 1.41 bits per heavy atom. The lowest BCUT2D eigenvalue weighted by atomic mass is 9.69. The van der Waals surface area contributed by atoms with Crippen LogP contribution >= 0.6 is 0 Å². The van der Waals surface area contributed by atoms with Gasteiger partial charge < -0.3 is 9.84 Å². The van der Waals surface area contributed by atoms with Gasteiger partial charge in [-0.3, -0.25) is 9.59 Å². The molecule has 0 aliphatic heterocycles. The van der Waals surface area contributed by atoms with E-state index in [9.17, 15) is 14.7 Å². The maximum atomic E-state index is 14.0. The van der Waals surface area contributed by atoms with Gasteiger partial charge in [-0.05, 0) is 73.1 Å². The SMILES string of the molecule is O=C(O)CC(C(=O)OC1(C2CCCCC2)CCCCC1)C1c2ccccc2Cc2ccccc21. The number of esters is 1. The van der Waals surface area contributed by atoms with E-state index in [2.05, 4.69) is 24.3 Å². The molecule has 3 aliphatic rings. The Morgan fingerprint density at radius 3 is 2.00 bits per heavy atom. The van der Waals surface area contributed by atoms with E-state index in [0.29, 0.717) is 5.92 Å². The Morgan fingerprint density at radius 1 is 0.853 bits per heavy atom. The highest BCUT2D eigenvalue weighted by molar-refractivity contribution is 5.81. The van der Waals surface area contributed by atoms with Crippen molar-refractivity contribution >= 4 is 11.9 Å². The van der Waals surface area contributed by atoms with Crippen LogP contribution in [0.5, 0.6) is 0 Å². The van der Waals surface area contributed by atoms with Crippen molar-refractivity contribution < 1.29 is 19.4 Å². The van der Waals surface area contributed by atoms with Crippen LogP contribution in [0.4, 0.5) is 0 Å². The summed E-state index contributed by atoms with van der Waals surface area (Å²) in [4.78, 5) is 26.1. The Balaban J connectivity index is 1.52. The van der Waals surface area contributed by atoms with E-state index >= 15 is 0 Å². The summed E-state index contributed by atoms with van der Waals surface area (Å²) in [7, 11) is 0. The Bertz CT molecular complexity index is 984. The van der Waals surface area contributed by atoms with Gasteiger partial charge in [0.05, 0.1) is 12.3 Å². The van der Waals surface area contributed by atoms with Gasteiger partial charge in [-0.2, -0.15) is 0 Å². The van der Waals surface area contributed by atoms with E-state index in [4.69, 9.17) is 4.74 Å². The van der Waals surface area contributed by atoms with Gasteiger partial charge in [0.1, 0.15) is 5.60 Å². The van der Waals surface area contributed by atoms with Gasteiger partial charge in [0.25, 0.3) is 0 Å². The number of carboxylic acid groups (broad SMARTS) is 1. The topological polar surface area (TPSA) is 63.6 Å². The summed E-state index contributed by atoms with van der Waals surface area (Å²) < 4.78 is 6.56. The lowest BCUT2D eigenvalue weighted by Gasteiger charge is -2.45. The van der Waals surface area contributed by atoms with Crippen molar-refractivity contribution in [3.05, 3.63) is 70.8 Å². The predicted molar refractivity (Wildman–Crippen MR) is 132 cm³/mol. The Labute approximate surface area is 202 Å². The van der Waals surface area contributed by atoms with E-state index in [1.807, 2.05) is 24.3 Å². The molecule has 0 aromatic heterocycles. The molecule has 0 radical (unpaired) electrons. The first kappa shape index (κ1) is 23.1. The summed E-state index contributed by atoms with van der Waals surface area (Å²) in [5.41, 5.74) is 4.07. The fourth-order valence-corrected chi connectivity index (χ4v) is 6.98. The number of ether oxygens (including phenoxy) is 1. The Hall–Kier alpha value is -2.62. The summed E-state index contributed by atoms with van der Waals surface area (Å²) in [6, 6.07) is 16.4. The van der Waals surface area contributed by atoms with E-state index in [0.717, 1.165) is 56.1 Å². The molecule has 0 bridgehead atoms. The molecular weight excluding hydrogens is 424 g/mol. The van der Waals surface area contributed by atoms with Crippen molar-refractivity contribution in [1.29, 1.82) is 0 Å². The zero-order valence-corrected chi connectivity index (χ0v) is 20.0. The molecule has 2 aromatic carbocycles. The number of benzene rings is 2. The third-order valence-electron chi connectivity index (χ3n) is 8.61. The number of hydrogen-bond acceptors (Lipinski definition) is 3. The number of carbonyl (C=O) groups excluding carboxylic acids is 1. The number of carboxylic acids is 1. The van der Waals surface area contributed by atoms with Gasteiger partial charge in [-0.15, -0.1) is 0 Å². The average Bonchev–Trinajstić information content (AvgIpc) is 2.87. The number of hydrogen-bond donors (Lipinski definition) is 1. The molecule has 2 aromatic rings. The second kappa shape index (κ2) is 9.93. The highest BCUT2D eigenvalue weighted by Gasteiger charge is 2.46. The molecule has 3 aliphatic carbocycles. The van der Waals surface area contributed by atoms with E-state index in [1.54, 1.807) is 0 Å². The van der Waals surface area contributed by atoms with Crippen LogP contribution in [0.15, 0.2) is 48.5 Å². The number of fused-ring (bicyclic) bond motifs is 2. The van der Waals surface area contributed by atoms with Crippen molar-refractivity contribution in [3.63, 3.8) is 0 Å². The molecule has 2 fully saturated rings. The zero-order chi connectivity index (χ0) is 23.5. The maximum Gasteiger partial charge on any atom is 0.311 e. The minimum Gasteiger partial charge on any atom is -0.481 e. The van der Waals surface area contributed by atoms with Gasteiger partial charge in [0.2, 0.25) is 0 Å². The van der Waals surface area contributed by atoms with E-state index in [-0.39, 0.29) is 18.3 Å². The lowest BCUT2D eigenvalue weighted by molar-refractivity contribution is -0.180. The largest absolute Gasteiger partial charge is 0.481 e. The van der Waals surface area contributed by atoms with Crippen LogP contribution in [0, 0.1) is 11.8 Å². The van der Waals surface area contributed by atoms with Crippen LogP contribution in [0.2, 0.25) is 0 Å². The molecule has 1 N–H and O–H groups in total. The molecule has 180 valence electrons. The standard InChI is InChI=1S/C30H36O4/c31-27(32)20-26(28-24-15-7-5-11-21(24)19-22-12-6-8-16-25(22)28)29(33)34-30(17-9-2-10-18-30)23-13-3-1-4-14-23/h5-8,11-12,15-16,23,26,28H,1-4,9-10,13-14,17-20H2,(H,31,32). The van der Waals surface area contributed by atoms with Gasteiger partial charge in [-0.1, -0.05) is 74.2 Å². The molecule has 4 nitrogen and oxygen atoms in total. The molecule has 5 rings (SSSR count). The van der Waals surface area contributed by atoms with Crippen LogP contribution in [0.25, 0.3) is 0 Å². The molecule has 34 heavy (non-hydrogen) atoms. The molecule has 4 heteroatoms. The molecule has 1 atom stereocenters. The minimum atomic E-state index is -0.946. The third-order valence-corrected chi connectivity index (χ3v) is 8.61. The summed E-state index contributed by atoms with van der Waals surface area (Å²) in [5.74, 6) is -1.88. The van der Waals surface area contributed by atoms with Gasteiger partial charge in [-0.25, -0.2) is 0 Å². The Kier molecular flexibility index (Phi) is 6.76. The fourth-order valence-electron chi connectivity index (χ4n) is 6.98. The first-order valence-corrected chi connectivity index (χ1v) is 13.2. The zero-order valence-electron chi connectivity index (χ0n) is 20.0. The van der Waals surface area contributed by atoms with Crippen LogP contribution in [0.3, 0.4) is 0 Å². The van der Waals surface area contributed by atoms with Gasteiger partial charge >= 0.3 is 11.9 Å². The average molecular weight is 461 g/mol. The first-order chi connectivity index (χ1) is 16.6. The smallest absolute Gasteiger partial charge is 0.311 e. The van der Waals surface area contributed by atoms with Gasteiger partial charge in [0, 0.05) is 5.92 Å². The van der Waals surface area contributed by atoms with Crippen LogP contribution in [-0.2, 0) is 20.7 Å². The molecule has 1 unspecified atom stereocenters. The molecule has 0 saturated heterocycles. The second-order valence-corrected chi connectivity index (χ2v) is 10.6. The molecule has 0 amide bonds. The highest BCUT2D eigenvalue weighted by atomic mass is 16.6. The number of carbonyl (C=O) groups is 2. The van der Waals surface area contributed by atoms with Crippen molar-refractivity contribution in [2.45, 2.75) is 88.6 Å². The molecule has 0 spiro atoms. The fraction of sp³-hybridized carbons (Fsp3) is 0.533. The van der Waals surface area contributed by atoms with Crippen molar-refractivity contribution in [3.8, 4) is 0 Å².